The number of carbonyl (C=O) groups excluding carboxylic acids is 1. The summed E-state index contributed by atoms with van der Waals surface area (Å²) in [5.41, 5.74) is 0. The van der Waals surface area contributed by atoms with Crippen molar-refractivity contribution in [3.8, 4) is 0 Å². The number of nitrogens with zero attached hydrogens (tertiary/aromatic N) is 3. The van der Waals surface area contributed by atoms with Crippen LogP contribution in [-0.2, 0) is 11.8 Å². The fourth-order valence-corrected chi connectivity index (χ4v) is 1.17. The van der Waals surface area contributed by atoms with E-state index < -0.39 is 4.92 Å². The predicted octanol–water partition coefficient (Wildman–Crippen LogP) is -0.124. The first-order valence-electron chi connectivity index (χ1n) is 4.66. The minimum atomic E-state index is -0.567. The number of amides is 1. The van der Waals surface area contributed by atoms with Crippen LogP contribution in [0.15, 0.2) is 6.33 Å². The van der Waals surface area contributed by atoms with Crippen molar-refractivity contribution in [2.45, 2.75) is 6.42 Å². The van der Waals surface area contributed by atoms with E-state index in [0.29, 0.717) is 12.4 Å². The van der Waals surface area contributed by atoms with Gasteiger partial charge in [-0.3, -0.25) is 9.36 Å². The molecular weight excluding hydrogens is 214 g/mol. The standard InChI is InChI=1S/C8H13N5O3/c1-9-6(14)3-4-10-7-8(13(15)16)11-5-12(7)2/h5,10H,3-4H2,1-2H3,(H,9,14). The number of nitro groups is 1. The minimum Gasteiger partial charge on any atom is -0.364 e. The number of carbonyl (C=O) groups is 1. The topological polar surface area (TPSA) is 102 Å². The highest BCUT2D eigenvalue weighted by Crippen LogP contribution is 2.20. The molecule has 1 heterocycles. The third-order valence-corrected chi connectivity index (χ3v) is 2.01. The molecule has 8 nitrogen and oxygen atoms in total. The molecule has 0 aliphatic heterocycles. The minimum absolute atomic E-state index is 0.127. The molecule has 1 aromatic heterocycles. The lowest BCUT2D eigenvalue weighted by atomic mass is 10.4. The van der Waals surface area contributed by atoms with Crippen LogP contribution in [0.1, 0.15) is 6.42 Å². The summed E-state index contributed by atoms with van der Waals surface area (Å²) in [6.07, 6.45) is 1.60. The maximum atomic E-state index is 10.9. The van der Waals surface area contributed by atoms with E-state index >= 15 is 0 Å². The molecule has 0 bridgehead atoms. The molecule has 0 spiro atoms. The first-order valence-corrected chi connectivity index (χ1v) is 4.66. The number of anilines is 1. The van der Waals surface area contributed by atoms with Crippen molar-refractivity contribution in [3.05, 3.63) is 16.4 Å². The molecule has 0 saturated heterocycles. The van der Waals surface area contributed by atoms with Crippen molar-refractivity contribution in [2.24, 2.45) is 7.05 Å². The van der Waals surface area contributed by atoms with E-state index in [1.54, 1.807) is 7.05 Å². The van der Waals surface area contributed by atoms with E-state index in [1.807, 2.05) is 0 Å². The highest BCUT2D eigenvalue weighted by atomic mass is 16.6. The summed E-state index contributed by atoms with van der Waals surface area (Å²) < 4.78 is 1.50. The van der Waals surface area contributed by atoms with Crippen molar-refractivity contribution >= 4 is 17.5 Å². The van der Waals surface area contributed by atoms with Gasteiger partial charge in [-0.05, 0) is 9.91 Å². The van der Waals surface area contributed by atoms with Gasteiger partial charge in [-0.15, -0.1) is 0 Å². The quantitative estimate of drug-likeness (QED) is 0.539. The van der Waals surface area contributed by atoms with Crippen molar-refractivity contribution in [2.75, 3.05) is 18.9 Å². The highest BCUT2D eigenvalue weighted by molar-refractivity contribution is 5.76. The van der Waals surface area contributed by atoms with Crippen molar-refractivity contribution in [1.29, 1.82) is 0 Å². The molecule has 0 aliphatic rings. The Morgan fingerprint density at radius 2 is 2.38 bits per heavy atom. The van der Waals surface area contributed by atoms with Crippen LogP contribution in [0.4, 0.5) is 11.6 Å². The van der Waals surface area contributed by atoms with Crippen LogP contribution < -0.4 is 10.6 Å². The number of rotatable bonds is 5. The van der Waals surface area contributed by atoms with Crippen molar-refractivity contribution in [3.63, 3.8) is 0 Å². The van der Waals surface area contributed by atoms with E-state index in [1.165, 1.54) is 17.9 Å². The van der Waals surface area contributed by atoms with Gasteiger partial charge in [-0.2, -0.15) is 0 Å². The zero-order valence-corrected chi connectivity index (χ0v) is 9.06. The molecule has 16 heavy (non-hydrogen) atoms. The first-order chi connectivity index (χ1) is 7.56. The van der Waals surface area contributed by atoms with Crippen LogP contribution in [0.5, 0.6) is 0 Å². The van der Waals surface area contributed by atoms with Gasteiger partial charge < -0.3 is 20.7 Å². The zero-order chi connectivity index (χ0) is 12.1. The summed E-state index contributed by atoms with van der Waals surface area (Å²) in [5.74, 6) is -0.0642. The second kappa shape index (κ2) is 5.10. The largest absolute Gasteiger partial charge is 0.406 e. The van der Waals surface area contributed by atoms with Crippen LogP contribution in [0.25, 0.3) is 0 Å². The maximum absolute atomic E-state index is 10.9. The van der Waals surface area contributed by atoms with Crippen LogP contribution in [0.3, 0.4) is 0 Å². The second-order valence-electron chi connectivity index (χ2n) is 3.13. The fourth-order valence-electron chi connectivity index (χ4n) is 1.17. The Balaban J connectivity index is 2.62. The van der Waals surface area contributed by atoms with Gasteiger partial charge >= 0.3 is 5.82 Å². The summed E-state index contributed by atoms with van der Waals surface area (Å²) in [6, 6.07) is 0. The Bertz CT molecular complexity index is 400. The highest BCUT2D eigenvalue weighted by Gasteiger charge is 2.19. The molecular formula is C8H13N5O3. The first kappa shape index (κ1) is 12.0. The monoisotopic (exact) mass is 227 g/mol. The molecule has 0 unspecified atom stereocenters. The third kappa shape index (κ3) is 2.69. The van der Waals surface area contributed by atoms with E-state index in [-0.39, 0.29) is 18.1 Å². The lowest BCUT2D eigenvalue weighted by molar-refractivity contribution is -0.388. The van der Waals surface area contributed by atoms with Gasteiger partial charge in [0.25, 0.3) is 0 Å². The predicted molar refractivity (Wildman–Crippen MR) is 57.0 cm³/mol. The Labute approximate surface area is 91.8 Å². The van der Waals surface area contributed by atoms with Gasteiger partial charge in [0.15, 0.2) is 0 Å². The second-order valence-corrected chi connectivity index (χ2v) is 3.13. The van der Waals surface area contributed by atoms with E-state index in [2.05, 4.69) is 15.6 Å². The fraction of sp³-hybridized carbons (Fsp3) is 0.500. The molecule has 0 atom stereocenters. The number of aryl methyl sites for hydroxylation is 1. The van der Waals surface area contributed by atoms with Gasteiger partial charge in [0.2, 0.25) is 18.1 Å². The van der Waals surface area contributed by atoms with E-state index in [9.17, 15) is 14.9 Å². The van der Waals surface area contributed by atoms with Gasteiger partial charge in [0.05, 0.1) is 0 Å². The Morgan fingerprint density at radius 3 is 2.94 bits per heavy atom. The van der Waals surface area contributed by atoms with Crippen molar-refractivity contribution in [1.82, 2.24) is 14.9 Å². The average molecular weight is 227 g/mol. The van der Waals surface area contributed by atoms with E-state index in [0.717, 1.165) is 0 Å². The van der Waals surface area contributed by atoms with Crippen LogP contribution in [0, 0.1) is 10.1 Å². The Hall–Kier alpha value is -2.12. The molecule has 2 N–H and O–H groups in total. The Kier molecular flexibility index (Phi) is 3.81. The normalized spacial score (nSPS) is 9.88. The molecule has 0 saturated carbocycles. The molecule has 0 aliphatic carbocycles. The maximum Gasteiger partial charge on any atom is 0.406 e. The van der Waals surface area contributed by atoms with Crippen molar-refractivity contribution < 1.29 is 9.72 Å². The number of hydrogen-bond donors (Lipinski definition) is 2. The molecule has 0 fully saturated rings. The summed E-state index contributed by atoms with van der Waals surface area (Å²) in [5, 5.41) is 15.9. The molecule has 8 heteroatoms. The summed E-state index contributed by atoms with van der Waals surface area (Å²) in [7, 11) is 3.18. The van der Waals surface area contributed by atoms with Crippen LogP contribution >= 0.6 is 0 Å². The molecule has 88 valence electrons. The molecule has 1 amide bonds. The lowest BCUT2D eigenvalue weighted by Gasteiger charge is -2.05. The molecule has 0 radical (unpaired) electrons. The van der Waals surface area contributed by atoms with Crippen LogP contribution in [-0.4, -0.2) is 34.0 Å². The average Bonchev–Trinajstić information content (AvgIpc) is 2.60. The number of hydrogen-bond acceptors (Lipinski definition) is 5. The van der Waals surface area contributed by atoms with Gasteiger partial charge in [0.1, 0.15) is 0 Å². The third-order valence-electron chi connectivity index (χ3n) is 2.01. The Morgan fingerprint density at radius 1 is 1.69 bits per heavy atom. The number of imidazole rings is 1. The van der Waals surface area contributed by atoms with Gasteiger partial charge in [0, 0.05) is 27.1 Å². The smallest absolute Gasteiger partial charge is 0.364 e. The molecule has 0 aromatic carbocycles. The zero-order valence-electron chi connectivity index (χ0n) is 9.06. The molecule has 1 aromatic rings. The number of aromatic nitrogens is 2. The summed E-state index contributed by atoms with van der Waals surface area (Å²) >= 11 is 0. The van der Waals surface area contributed by atoms with E-state index in [4.69, 9.17) is 0 Å². The molecule has 1 rings (SSSR count). The SMILES string of the molecule is CNC(=O)CCNc1c([N+](=O)[O-])ncn1C. The summed E-state index contributed by atoms with van der Waals surface area (Å²) in [4.78, 5) is 24.6. The number of nitrogens with one attached hydrogen (secondary N) is 2. The van der Waals surface area contributed by atoms with Crippen LogP contribution in [0.2, 0.25) is 0 Å². The van der Waals surface area contributed by atoms with Gasteiger partial charge in [-0.1, -0.05) is 0 Å². The lowest BCUT2D eigenvalue weighted by Crippen LogP contribution is -2.21. The summed E-state index contributed by atoms with van der Waals surface area (Å²) in [6.45, 7) is 0.319. The van der Waals surface area contributed by atoms with Gasteiger partial charge in [-0.25, -0.2) is 0 Å².